The number of rotatable bonds is 10. The Balaban J connectivity index is 1.41. The van der Waals surface area contributed by atoms with Crippen molar-refractivity contribution >= 4 is 46.9 Å². The topological polar surface area (TPSA) is 102 Å². The third-order valence-electron chi connectivity index (χ3n) is 7.68. The maximum atomic E-state index is 15.0. The number of aromatic carboxylic acids is 1. The van der Waals surface area contributed by atoms with Crippen LogP contribution in [0.1, 0.15) is 35.0 Å². The number of thiophene rings is 1. The predicted molar refractivity (Wildman–Crippen MR) is 171 cm³/mol. The first kappa shape index (κ1) is 29.3. The zero-order valence-corrected chi connectivity index (χ0v) is 25.8. The van der Waals surface area contributed by atoms with E-state index in [-0.39, 0.29) is 17.4 Å². The maximum Gasteiger partial charge on any atom is 0.348 e. The molecule has 0 spiro atoms. The van der Waals surface area contributed by atoms with Gasteiger partial charge in [0, 0.05) is 42.5 Å². The van der Waals surface area contributed by atoms with Crippen LogP contribution in [0.4, 0.5) is 5.69 Å². The molecule has 1 atom stereocenters. The first-order chi connectivity index (χ1) is 20.9. The second-order valence-electron chi connectivity index (χ2n) is 10.6. The summed E-state index contributed by atoms with van der Waals surface area (Å²) in [5, 5.41) is 10.9. The molecule has 1 fully saturated rings. The van der Waals surface area contributed by atoms with Gasteiger partial charge in [-0.2, -0.15) is 0 Å². The van der Waals surface area contributed by atoms with Crippen molar-refractivity contribution in [2.45, 2.75) is 26.7 Å². The molecule has 1 unspecified atom stereocenters. The average Bonchev–Trinajstić information content (AvgIpc) is 3.66. The lowest BCUT2D eigenvalue weighted by molar-refractivity contribution is 0.0683. The Morgan fingerprint density at radius 3 is 2.47 bits per heavy atom. The molecule has 4 heterocycles. The van der Waals surface area contributed by atoms with E-state index in [0.29, 0.717) is 42.1 Å². The van der Waals surface area contributed by atoms with Gasteiger partial charge in [0.1, 0.15) is 16.2 Å². The van der Waals surface area contributed by atoms with Gasteiger partial charge in [-0.1, -0.05) is 42.0 Å². The summed E-state index contributed by atoms with van der Waals surface area (Å²) in [5.74, 6) is -0.186. The van der Waals surface area contributed by atoms with Gasteiger partial charge in [0.25, 0.3) is 0 Å². The molecule has 1 aliphatic rings. The predicted octanol–water partition coefficient (Wildman–Crippen LogP) is 8.02. The number of anilines is 1. The van der Waals surface area contributed by atoms with Crippen molar-refractivity contribution in [1.29, 1.82) is 0 Å². The smallest absolute Gasteiger partial charge is 0.348 e. The van der Waals surface area contributed by atoms with Gasteiger partial charge in [-0.25, -0.2) is 4.79 Å². The Labute approximate surface area is 254 Å². The van der Waals surface area contributed by atoms with E-state index in [9.17, 15) is 14.5 Å². The van der Waals surface area contributed by atoms with Crippen molar-refractivity contribution in [2.75, 3.05) is 31.0 Å². The number of aromatic nitrogens is 1. The molecule has 10 heteroatoms. The van der Waals surface area contributed by atoms with E-state index in [0.717, 1.165) is 39.9 Å². The number of pyridine rings is 1. The molecule has 3 aromatic heterocycles. The molecule has 0 amide bonds. The molecule has 1 N–H and O–H groups in total. The molecular weight excluding hydrogens is 583 g/mol. The number of ether oxygens (including phenoxy) is 1. The van der Waals surface area contributed by atoms with E-state index in [4.69, 9.17) is 13.7 Å². The molecule has 1 saturated heterocycles. The molecule has 2 aromatic carbocycles. The first-order valence-corrected chi connectivity index (χ1v) is 16.7. The number of aryl methyl sites for hydroxylation is 1. The van der Waals surface area contributed by atoms with Gasteiger partial charge in [-0.3, -0.25) is 14.2 Å². The lowest BCUT2D eigenvalue weighted by Crippen LogP contribution is -2.34. The molecule has 6 rings (SSSR count). The zero-order valence-electron chi connectivity index (χ0n) is 24.1. The summed E-state index contributed by atoms with van der Waals surface area (Å²) in [6.07, 6.45) is 3.33. The molecule has 222 valence electrons. The van der Waals surface area contributed by atoms with Crippen molar-refractivity contribution in [3.05, 3.63) is 89.4 Å². The summed E-state index contributed by atoms with van der Waals surface area (Å²) in [6.45, 7) is 5.63. The van der Waals surface area contributed by atoms with E-state index in [1.807, 2.05) is 86.6 Å². The fourth-order valence-corrected chi connectivity index (χ4v) is 8.80. The highest BCUT2D eigenvalue weighted by Crippen LogP contribution is 2.55. The Morgan fingerprint density at radius 2 is 1.79 bits per heavy atom. The van der Waals surface area contributed by atoms with Crippen LogP contribution < -0.4 is 9.97 Å². The monoisotopic (exact) mass is 616 g/mol. The van der Waals surface area contributed by atoms with Gasteiger partial charge in [-0.05, 0) is 68.5 Å². The van der Waals surface area contributed by atoms with Crippen LogP contribution in [-0.2, 0) is 13.8 Å². The lowest BCUT2D eigenvalue weighted by Gasteiger charge is -2.36. The highest BCUT2D eigenvalue weighted by atomic mass is 32.1. The van der Waals surface area contributed by atoms with Crippen molar-refractivity contribution in [2.24, 2.45) is 5.92 Å². The van der Waals surface area contributed by atoms with Gasteiger partial charge < -0.3 is 18.8 Å². The van der Waals surface area contributed by atoms with Gasteiger partial charge in [0.15, 0.2) is 5.58 Å². The van der Waals surface area contributed by atoms with E-state index in [1.165, 1.54) is 11.3 Å². The summed E-state index contributed by atoms with van der Waals surface area (Å²) >= 11 is 1.17. The summed E-state index contributed by atoms with van der Waals surface area (Å²) < 4.78 is 34.3. The number of carboxylic acids is 1. The van der Waals surface area contributed by atoms with Gasteiger partial charge in [0.2, 0.25) is 0 Å². The number of benzene rings is 2. The van der Waals surface area contributed by atoms with E-state index < -0.39 is 13.5 Å². The van der Waals surface area contributed by atoms with Crippen LogP contribution in [0.5, 0.6) is 0 Å². The number of furan rings is 1. The van der Waals surface area contributed by atoms with Crippen LogP contribution in [-0.4, -0.2) is 42.4 Å². The van der Waals surface area contributed by atoms with Crippen LogP contribution in [0.25, 0.3) is 32.9 Å². The minimum absolute atomic E-state index is 0.126. The number of carboxylic acid groups (broad SMARTS) is 1. The van der Waals surface area contributed by atoms with Gasteiger partial charge >= 0.3 is 13.5 Å². The molecule has 5 aromatic rings. The fourth-order valence-electron chi connectivity index (χ4n) is 5.39. The van der Waals surface area contributed by atoms with Gasteiger partial charge in [0.05, 0.1) is 17.6 Å². The van der Waals surface area contributed by atoms with Crippen LogP contribution >= 0.6 is 18.9 Å². The second kappa shape index (κ2) is 12.5. The highest BCUT2D eigenvalue weighted by molar-refractivity contribution is 7.68. The number of nitrogens with zero attached hydrogens (tertiary/aromatic N) is 2. The van der Waals surface area contributed by atoms with Gasteiger partial charge in [-0.15, -0.1) is 11.3 Å². The van der Waals surface area contributed by atoms with Crippen molar-refractivity contribution < 1.29 is 28.1 Å². The Morgan fingerprint density at radius 1 is 1.07 bits per heavy atom. The van der Waals surface area contributed by atoms with Crippen LogP contribution in [0, 0.1) is 12.8 Å². The third-order valence-corrected chi connectivity index (χ3v) is 11.4. The van der Waals surface area contributed by atoms with E-state index >= 15 is 0 Å². The van der Waals surface area contributed by atoms with Crippen molar-refractivity contribution in [1.82, 2.24) is 4.98 Å². The molecule has 43 heavy (non-hydrogen) atoms. The van der Waals surface area contributed by atoms with Crippen molar-refractivity contribution in [3.63, 3.8) is 0 Å². The van der Waals surface area contributed by atoms with Crippen LogP contribution in [0.15, 0.2) is 83.4 Å². The highest BCUT2D eigenvalue weighted by Gasteiger charge is 2.39. The average molecular weight is 617 g/mol. The molecule has 0 radical (unpaired) electrons. The standard InChI is InChI=1S/C33H33N2O6PS/c1-3-40-42(38,26-12-6-22(2)7-13-26)35(21-23-14-17-39-18-15-23)28-20-31(43-32(28)33(36)37)25-10-8-24(9-11-25)30-19-27-29(41-30)5-4-16-34-27/h4-13,16,19-20,23H,3,14-15,17-18,21H2,1-2H3,(H,36,37). The normalized spacial score (nSPS) is 15.4. The SMILES string of the molecule is CCOP(=O)(c1ccc(C)cc1)N(CC1CCOCC1)c1cc(-c2ccc(-c3cc4ncccc4o3)cc2)sc1C(=O)O. The lowest BCUT2D eigenvalue weighted by atomic mass is 10.0. The minimum atomic E-state index is -3.68. The van der Waals surface area contributed by atoms with E-state index in [1.54, 1.807) is 10.9 Å². The molecule has 0 aliphatic carbocycles. The third kappa shape index (κ3) is 6.04. The fraction of sp³-hybridized carbons (Fsp3) is 0.273. The number of hydrogen-bond donors (Lipinski definition) is 1. The second-order valence-corrected chi connectivity index (χ2v) is 14.0. The summed E-state index contributed by atoms with van der Waals surface area (Å²) in [6, 6.07) is 22.7. The molecule has 8 nitrogen and oxygen atoms in total. The summed E-state index contributed by atoms with van der Waals surface area (Å²) in [4.78, 5) is 17.9. The molecule has 1 aliphatic heterocycles. The number of hydrogen-bond acceptors (Lipinski definition) is 7. The minimum Gasteiger partial charge on any atom is -0.477 e. The zero-order chi connectivity index (χ0) is 30.0. The number of fused-ring (bicyclic) bond motifs is 1. The first-order valence-electron chi connectivity index (χ1n) is 14.4. The van der Waals surface area contributed by atoms with E-state index in [2.05, 4.69) is 4.98 Å². The maximum absolute atomic E-state index is 15.0. The van der Waals surface area contributed by atoms with Crippen molar-refractivity contribution in [3.8, 4) is 21.8 Å². The van der Waals surface area contributed by atoms with Crippen LogP contribution in [0.2, 0.25) is 0 Å². The quantitative estimate of drug-likeness (QED) is 0.157. The molecular formula is C33H33N2O6PS. The summed E-state index contributed by atoms with van der Waals surface area (Å²) in [7, 11) is -3.68. The Bertz CT molecular complexity index is 1740. The molecule has 0 bridgehead atoms. The van der Waals surface area contributed by atoms with Crippen LogP contribution in [0.3, 0.4) is 0 Å². The number of carbonyl (C=O) groups is 1. The Kier molecular flexibility index (Phi) is 8.50. The molecule has 0 saturated carbocycles. The largest absolute Gasteiger partial charge is 0.477 e. The summed E-state index contributed by atoms with van der Waals surface area (Å²) in [5.41, 5.74) is 4.68. The Hall–Kier alpha value is -3.75.